The third kappa shape index (κ3) is 2.80. The highest BCUT2D eigenvalue weighted by Gasteiger charge is 2.39. The molecule has 4 heteroatoms. The first-order valence-electron chi connectivity index (χ1n) is 7.76. The number of nitrogens with one attached hydrogen (secondary N) is 1. The van der Waals surface area contributed by atoms with Gasteiger partial charge in [-0.2, -0.15) is 0 Å². The molecule has 1 fully saturated rings. The average molecular weight is 290 g/mol. The number of hydrogen-bond acceptors (Lipinski definition) is 4. The van der Waals surface area contributed by atoms with Crippen molar-refractivity contribution >= 4 is 0 Å². The Hall–Kier alpha value is -1.10. The van der Waals surface area contributed by atoms with Gasteiger partial charge in [0.2, 0.25) is 0 Å². The maximum atomic E-state index is 5.86. The van der Waals surface area contributed by atoms with E-state index in [1.165, 1.54) is 11.1 Å². The van der Waals surface area contributed by atoms with Gasteiger partial charge in [-0.3, -0.25) is 4.90 Å². The van der Waals surface area contributed by atoms with Crippen LogP contribution >= 0.6 is 0 Å². The van der Waals surface area contributed by atoms with E-state index in [0.29, 0.717) is 12.1 Å². The topological polar surface area (TPSA) is 33.7 Å². The molecule has 21 heavy (non-hydrogen) atoms. The van der Waals surface area contributed by atoms with E-state index in [1.807, 2.05) is 0 Å². The van der Waals surface area contributed by atoms with Gasteiger partial charge in [-0.25, -0.2) is 0 Å². The van der Waals surface area contributed by atoms with E-state index in [2.05, 4.69) is 49.3 Å². The van der Waals surface area contributed by atoms with Crippen molar-refractivity contribution in [3.05, 3.63) is 29.3 Å². The molecule has 1 heterocycles. The Labute approximate surface area is 127 Å². The second-order valence-corrected chi connectivity index (χ2v) is 6.68. The predicted octanol–water partition coefficient (Wildman–Crippen LogP) is 1.99. The summed E-state index contributed by atoms with van der Waals surface area (Å²) in [6, 6.07) is 7.33. The van der Waals surface area contributed by atoms with Crippen molar-refractivity contribution < 1.29 is 9.47 Å². The van der Waals surface area contributed by atoms with Gasteiger partial charge in [0.05, 0.1) is 19.3 Å². The Morgan fingerprint density at radius 1 is 1.38 bits per heavy atom. The zero-order valence-corrected chi connectivity index (χ0v) is 13.5. The number of fused-ring (bicyclic) bond motifs is 1. The summed E-state index contributed by atoms with van der Waals surface area (Å²) in [5.41, 5.74) is 2.76. The van der Waals surface area contributed by atoms with Crippen LogP contribution in [0.3, 0.4) is 0 Å². The molecular formula is C17H26N2O2. The molecule has 0 aromatic heterocycles. The highest BCUT2D eigenvalue weighted by atomic mass is 16.5. The highest BCUT2D eigenvalue weighted by molar-refractivity contribution is 5.42. The second-order valence-electron chi connectivity index (χ2n) is 6.68. The average Bonchev–Trinajstić information content (AvgIpc) is 2.83. The predicted molar refractivity (Wildman–Crippen MR) is 83.9 cm³/mol. The number of ether oxygens (including phenoxy) is 2. The van der Waals surface area contributed by atoms with Crippen LogP contribution in [0, 0.1) is 0 Å². The summed E-state index contributed by atoms with van der Waals surface area (Å²) in [7, 11) is 3.78. The second kappa shape index (κ2) is 5.59. The molecule has 1 aliphatic heterocycles. The Bertz CT molecular complexity index is 516. The number of likely N-dealkylation sites (N-methyl/N-ethyl adjacent to an activating group) is 1. The minimum Gasteiger partial charge on any atom is -0.497 e. The molecule has 116 valence electrons. The van der Waals surface area contributed by atoms with Crippen LogP contribution in [0.5, 0.6) is 5.75 Å². The van der Waals surface area contributed by atoms with Gasteiger partial charge in [0.1, 0.15) is 5.75 Å². The Morgan fingerprint density at radius 2 is 2.19 bits per heavy atom. The molecule has 0 amide bonds. The molecule has 2 aliphatic rings. The third-order valence-electron chi connectivity index (χ3n) is 4.74. The smallest absolute Gasteiger partial charge is 0.119 e. The monoisotopic (exact) mass is 290 g/mol. The fourth-order valence-electron chi connectivity index (χ4n) is 3.75. The van der Waals surface area contributed by atoms with Crippen LogP contribution in [0.1, 0.15) is 31.0 Å². The van der Waals surface area contributed by atoms with Gasteiger partial charge in [0, 0.05) is 25.2 Å². The zero-order valence-electron chi connectivity index (χ0n) is 13.5. The fourth-order valence-corrected chi connectivity index (χ4v) is 3.75. The quantitative estimate of drug-likeness (QED) is 0.923. The molecule has 1 saturated heterocycles. The summed E-state index contributed by atoms with van der Waals surface area (Å²) >= 11 is 0. The number of morpholine rings is 1. The minimum absolute atomic E-state index is 0.0526. The molecular weight excluding hydrogens is 264 g/mol. The molecule has 2 atom stereocenters. The van der Waals surface area contributed by atoms with Crippen molar-refractivity contribution in [1.29, 1.82) is 0 Å². The molecule has 1 aromatic carbocycles. The van der Waals surface area contributed by atoms with Crippen molar-refractivity contribution in [3.8, 4) is 5.75 Å². The number of nitrogens with zero attached hydrogens (tertiary/aromatic N) is 1. The molecule has 0 radical (unpaired) electrons. The lowest BCUT2D eigenvalue weighted by Gasteiger charge is -2.43. The van der Waals surface area contributed by atoms with Crippen LogP contribution < -0.4 is 10.1 Å². The lowest BCUT2D eigenvalue weighted by Crippen LogP contribution is -2.54. The van der Waals surface area contributed by atoms with Crippen molar-refractivity contribution in [2.24, 2.45) is 0 Å². The van der Waals surface area contributed by atoms with E-state index in [9.17, 15) is 0 Å². The standard InChI is InChI=1S/C17H26N2O2/c1-17(2)11-19(7-8-21-17)15-9-12-5-6-13(20-4)10-14(12)16(15)18-3/h5-6,10,15-16,18H,7-9,11H2,1-4H3. The molecule has 2 unspecified atom stereocenters. The molecule has 1 aliphatic carbocycles. The molecule has 0 bridgehead atoms. The first-order valence-corrected chi connectivity index (χ1v) is 7.76. The molecule has 0 spiro atoms. The van der Waals surface area contributed by atoms with E-state index >= 15 is 0 Å². The van der Waals surface area contributed by atoms with Crippen molar-refractivity contribution in [1.82, 2.24) is 10.2 Å². The Kier molecular flexibility index (Phi) is 3.95. The van der Waals surface area contributed by atoms with Gasteiger partial charge < -0.3 is 14.8 Å². The van der Waals surface area contributed by atoms with Crippen LogP contribution in [0.25, 0.3) is 0 Å². The van der Waals surface area contributed by atoms with E-state index < -0.39 is 0 Å². The first-order chi connectivity index (χ1) is 10.0. The van der Waals surface area contributed by atoms with E-state index in [-0.39, 0.29) is 5.60 Å². The van der Waals surface area contributed by atoms with Gasteiger partial charge >= 0.3 is 0 Å². The van der Waals surface area contributed by atoms with Gasteiger partial charge in [-0.05, 0) is 50.6 Å². The number of methoxy groups -OCH3 is 1. The zero-order chi connectivity index (χ0) is 15.0. The summed E-state index contributed by atoms with van der Waals surface area (Å²) in [5.74, 6) is 0.942. The Morgan fingerprint density at radius 3 is 2.86 bits per heavy atom. The molecule has 1 N–H and O–H groups in total. The third-order valence-corrected chi connectivity index (χ3v) is 4.74. The summed E-state index contributed by atoms with van der Waals surface area (Å²) in [6.07, 6.45) is 1.10. The van der Waals surface area contributed by atoms with Crippen LogP contribution in [0.2, 0.25) is 0 Å². The molecule has 0 saturated carbocycles. The fraction of sp³-hybridized carbons (Fsp3) is 0.647. The lowest BCUT2D eigenvalue weighted by atomic mass is 10.0. The number of benzene rings is 1. The first kappa shape index (κ1) is 14.8. The normalized spacial score (nSPS) is 28.4. The van der Waals surface area contributed by atoms with Crippen molar-refractivity contribution in [3.63, 3.8) is 0 Å². The van der Waals surface area contributed by atoms with Crippen molar-refractivity contribution in [2.75, 3.05) is 33.9 Å². The van der Waals surface area contributed by atoms with Crippen LogP contribution in [0.4, 0.5) is 0 Å². The van der Waals surface area contributed by atoms with Crippen molar-refractivity contribution in [2.45, 2.75) is 38.0 Å². The maximum Gasteiger partial charge on any atom is 0.119 e. The summed E-state index contributed by atoms with van der Waals surface area (Å²) in [4.78, 5) is 2.58. The number of hydrogen-bond donors (Lipinski definition) is 1. The van der Waals surface area contributed by atoms with E-state index in [1.54, 1.807) is 7.11 Å². The number of rotatable bonds is 3. The SMILES string of the molecule is CNC1c2cc(OC)ccc2CC1N1CCOC(C)(C)C1. The van der Waals surface area contributed by atoms with Gasteiger partial charge in [0.15, 0.2) is 0 Å². The summed E-state index contributed by atoms with van der Waals surface area (Å²) in [5, 5.41) is 3.51. The summed E-state index contributed by atoms with van der Waals surface area (Å²) < 4.78 is 11.2. The van der Waals surface area contributed by atoms with E-state index in [0.717, 1.165) is 31.9 Å². The Balaban J connectivity index is 1.85. The van der Waals surface area contributed by atoms with Gasteiger partial charge in [-0.1, -0.05) is 6.07 Å². The summed E-state index contributed by atoms with van der Waals surface area (Å²) in [6.45, 7) is 7.18. The van der Waals surface area contributed by atoms with Crippen LogP contribution in [-0.2, 0) is 11.2 Å². The lowest BCUT2D eigenvalue weighted by molar-refractivity contribution is -0.0992. The molecule has 4 nitrogen and oxygen atoms in total. The maximum absolute atomic E-state index is 5.86. The minimum atomic E-state index is -0.0526. The van der Waals surface area contributed by atoms with Gasteiger partial charge in [-0.15, -0.1) is 0 Å². The molecule has 3 rings (SSSR count). The van der Waals surface area contributed by atoms with Crippen LogP contribution in [0.15, 0.2) is 18.2 Å². The highest BCUT2D eigenvalue weighted by Crippen LogP contribution is 2.37. The van der Waals surface area contributed by atoms with E-state index in [4.69, 9.17) is 9.47 Å². The van der Waals surface area contributed by atoms with Gasteiger partial charge in [0.25, 0.3) is 0 Å². The van der Waals surface area contributed by atoms with Crippen LogP contribution in [-0.4, -0.2) is 50.4 Å². The largest absolute Gasteiger partial charge is 0.497 e. The molecule has 1 aromatic rings.